The fourth-order valence-electron chi connectivity index (χ4n) is 6.00. The molecule has 4 aliphatic rings. The summed E-state index contributed by atoms with van der Waals surface area (Å²) in [6, 6.07) is 23.5. The fraction of sp³-hybridized carbons (Fsp3) is 0.200. The van der Waals surface area contributed by atoms with Crippen LogP contribution in [0.4, 0.5) is 5.69 Å². The van der Waals surface area contributed by atoms with Crippen LogP contribution in [0.5, 0.6) is 0 Å². The van der Waals surface area contributed by atoms with Crippen molar-refractivity contribution in [3.63, 3.8) is 0 Å². The van der Waals surface area contributed by atoms with Gasteiger partial charge in [-0.2, -0.15) is 0 Å². The summed E-state index contributed by atoms with van der Waals surface area (Å²) >= 11 is 6.02. The van der Waals surface area contributed by atoms with E-state index >= 15 is 0 Å². The van der Waals surface area contributed by atoms with E-state index in [-0.39, 0.29) is 23.7 Å². The van der Waals surface area contributed by atoms with Crippen LogP contribution in [-0.4, -0.2) is 11.8 Å². The molecule has 3 nitrogen and oxygen atoms in total. The minimum Gasteiger partial charge on any atom is -0.274 e. The predicted octanol–water partition coefficient (Wildman–Crippen LogP) is 4.91. The Balaban J connectivity index is 1.61. The molecule has 4 heteroatoms. The maximum Gasteiger partial charge on any atom is 0.238 e. The number of rotatable bonds is 1. The molecule has 0 N–H and O–H groups in total. The molecule has 0 aromatic heterocycles. The second-order valence-electron chi connectivity index (χ2n) is 8.35. The van der Waals surface area contributed by atoms with Crippen LogP contribution in [0.3, 0.4) is 0 Å². The second-order valence-corrected chi connectivity index (χ2v) is 8.78. The number of hydrogen-bond donors (Lipinski definition) is 0. The molecular formula is C25H18ClNO2. The lowest BCUT2D eigenvalue weighted by Gasteiger charge is -2.52. The van der Waals surface area contributed by atoms with Crippen LogP contribution in [0, 0.1) is 11.8 Å². The first-order valence-electron chi connectivity index (χ1n) is 9.85. The van der Waals surface area contributed by atoms with Crippen molar-refractivity contribution in [2.75, 3.05) is 4.90 Å². The Kier molecular flexibility index (Phi) is 3.27. The van der Waals surface area contributed by atoms with Crippen molar-refractivity contribution >= 4 is 29.1 Å². The average molecular weight is 400 g/mol. The molecule has 2 bridgehead atoms. The monoisotopic (exact) mass is 399 g/mol. The van der Waals surface area contributed by atoms with Gasteiger partial charge in [0.15, 0.2) is 0 Å². The van der Waals surface area contributed by atoms with Gasteiger partial charge in [0.05, 0.1) is 17.5 Å². The van der Waals surface area contributed by atoms with Crippen LogP contribution in [0.1, 0.15) is 35.1 Å². The van der Waals surface area contributed by atoms with Gasteiger partial charge in [-0.3, -0.25) is 9.59 Å². The van der Waals surface area contributed by atoms with Crippen LogP contribution < -0.4 is 4.90 Å². The molecule has 142 valence electrons. The molecule has 0 saturated carbocycles. The highest BCUT2D eigenvalue weighted by Crippen LogP contribution is 2.64. The molecule has 0 radical (unpaired) electrons. The number of amides is 2. The zero-order valence-corrected chi connectivity index (χ0v) is 16.6. The third kappa shape index (κ3) is 1.94. The number of nitrogens with zero attached hydrogens (tertiary/aromatic N) is 1. The zero-order chi connectivity index (χ0) is 19.9. The first-order valence-corrected chi connectivity index (χ1v) is 10.2. The highest BCUT2D eigenvalue weighted by atomic mass is 35.5. The number of imide groups is 1. The minimum absolute atomic E-state index is 0.0945. The molecule has 1 fully saturated rings. The lowest BCUT2D eigenvalue weighted by molar-refractivity contribution is -0.123. The summed E-state index contributed by atoms with van der Waals surface area (Å²) in [5.74, 6) is -1.10. The molecule has 3 aromatic rings. The minimum atomic E-state index is -0.527. The van der Waals surface area contributed by atoms with Crippen LogP contribution >= 0.6 is 11.6 Å². The molecule has 0 unspecified atom stereocenters. The summed E-state index contributed by atoms with van der Waals surface area (Å²) in [5.41, 5.74) is 4.76. The van der Waals surface area contributed by atoms with Gasteiger partial charge >= 0.3 is 0 Å². The van der Waals surface area contributed by atoms with Gasteiger partial charge in [-0.1, -0.05) is 67.1 Å². The lowest BCUT2D eigenvalue weighted by Crippen LogP contribution is -2.51. The Bertz CT molecular complexity index is 1150. The molecule has 2 atom stereocenters. The van der Waals surface area contributed by atoms with Crippen molar-refractivity contribution in [1.29, 1.82) is 0 Å². The molecule has 2 amide bonds. The number of hydrogen-bond acceptors (Lipinski definition) is 2. The Labute approximate surface area is 173 Å². The maximum atomic E-state index is 13.7. The maximum absolute atomic E-state index is 13.7. The van der Waals surface area contributed by atoms with Crippen LogP contribution in [-0.2, 0) is 15.0 Å². The normalized spacial score (nSPS) is 28.9. The van der Waals surface area contributed by atoms with Crippen molar-refractivity contribution in [2.45, 2.75) is 18.3 Å². The molecule has 0 spiro atoms. The molecule has 3 aliphatic carbocycles. The second kappa shape index (κ2) is 5.58. The average Bonchev–Trinajstić information content (AvgIpc) is 3.01. The first-order chi connectivity index (χ1) is 14.0. The summed E-state index contributed by atoms with van der Waals surface area (Å²) in [5, 5.41) is 0.581. The van der Waals surface area contributed by atoms with Crippen molar-refractivity contribution in [2.24, 2.45) is 11.8 Å². The van der Waals surface area contributed by atoms with Gasteiger partial charge < -0.3 is 0 Å². The molecule has 7 rings (SSSR count). The Morgan fingerprint density at radius 2 is 1.34 bits per heavy atom. The van der Waals surface area contributed by atoms with Gasteiger partial charge in [0.25, 0.3) is 0 Å². The molecule has 1 saturated heterocycles. The highest BCUT2D eigenvalue weighted by molar-refractivity contribution is 6.31. The SMILES string of the molecule is CC12c3ccccc3C(c3ccccc31)[C@H]1C(=O)N(c3ccc(Cl)cc3)C(=O)[C@@H]12. The van der Waals surface area contributed by atoms with E-state index < -0.39 is 11.3 Å². The topological polar surface area (TPSA) is 37.4 Å². The van der Waals surface area contributed by atoms with E-state index in [1.54, 1.807) is 24.3 Å². The molecule has 1 heterocycles. The Morgan fingerprint density at radius 3 is 1.93 bits per heavy atom. The van der Waals surface area contributed by atoms with E-state index in [2.05, 4.69) is 31.2 Å². The van der Waals surface area contributed by atoms with Crippen LogP contribution in [0.25, 0.3) is 0 Å². The number of carbonyl (C=O) groups is 2. The third-order valence-corrected chi connectivity index (χ3v) is 7.38. The fourth-order valence-corrected chi connectivity index (χ4v) is 6.12. The van der Waals surface area contributed by atoms with E-state index in [4.69, 9.17) is 11.6 Å². The number of carbonyl (C=O) groups excluding carboxylic acids is 2. The predicted molar refractivity (Wildman–Crippen MR) is 112 cm³/mol. The molecule has 29 heavy (non-hydrogen) atoms. The van der Waals surface area contributed by atoms with Gasteiger partial charge in [-0.25, -0.2) is 4.90 Å². The first kappa shape index (κ1) is 17.0. The summed E-state index contributed by atoms with van der Waals surface area (Å²) < 4.78 is 0. The summed E-state index contributed by atoms with van der Waals surface area (Å²) in [7, 11) is 0. The molecular weight excluding hydrogens is 382 g/mol. The van der Waals surface area contributed by atoms with E-state index in [1.165, 1.54) is 27.2 Å². The largest absolute Gasteiger partial charge is 0.274 e. The van der Waals surface area contributed by atoms with E-state index in [0.717, 1.165) is 0 Å². The van der Waals surface area contributed by atoms with Crippen LogP contribution in [0.2, 0.25) is 5.02 Å². The summed E-state index contributed by atoms with van der Waals surface area (Å²) in [6.07, 6.45) is 0. The highest BCUT2D eigenvalue weighted by Gasteiger charge is 2.66. The standard InChI is InChI=1S/C25H18ClNO2/c1-25-18-8-4-2-6-16(18)20(17-7-3-5-9-19(17)25)21-22(25)24(29)27(23(21)28)15-12-10-14(26)11-13-15/h2-13,20-22H,1H3/t20?,21-,22-,25?/m1/s1. The van der Waals surface area contributed by atoms with E-state index in [1.807, 2.05) is 24.3 Å². The summed E-state index contributed by atoms with van der Waals surface area (Å²) in [6.45, 7) is 2.13. The van der Waals surface area contributed by atoms with Gasteiger partial charge in [0.1, 0.15) is 0 Å². The van der Waals surface area contributed by atoms with Gasteiger partial charge in [0, 0.05) is 16.4 Å². The smallest absolute Gasteiger partial charge is 0.238 e. The van der Waals surface area contributed by atoms with Crippen molar-refractivity contribution in [1.82, 2.24) is 0 Å². The number of anilines is 1. The zero-order valence-electron chi connectivity index (χ0n) is 15.8. The van der Waals surface area contributed by atoms with E-state index in [0.29, 0.717) is 10.7 Å². The van der Waals surface area contributed by atoms with E-state index in [9.17, 15) is 9.59 Å². The van der Waals surface area contributed by atoms with Crippen molar-refractivity contribution in [3.8, 4) is 0 Å². The number of benzene rings is 3. The summed E-state index contributed by atoms with van der Waals surface area (Å²) in [4.78, 5) is 28.8. The Morgan fingerprint density at radius 1 is 0.793 bits per heavy atom. The number of halogens is 1. The van der Waals surface area contributed by atoms with Crippen LogP contribution in [0.15, 0.2) is 72.8 Å². The Hall–Kier alpha value is -2.91. The van der Waals surface area contributed by atoms with Gasteiger partial charge in [-0.15, -0.1) is 0 Å². The lowest BCUT2D eigenvalue weighted by atomic mass is 9.48. The molecule has 3 aromatic carbocycles. The van der Waals surface area contributed by atoms with Crippen molar-refractivity contribution in [3.05, 3.63) is 100 Å². The quantitative estimate of drug-likeness (QED) is 0.545. The van der Waals surface area contributed by atoms with Gasteiger partial charge in [0.2, 0.25) is 11.8 Å². The molecule has 1 aliphatic heterocycles. The van der Waals surface area contributed by atoms with Crippen molar-refractivity contribution < 1.29 is 9.59 Å². The van der Waals surface area contributed by atoms with Gasteiger partial charge in [-0.05, 0) is 46.5 Å². The third-order valence-electron chi connectivity index (χ3n) is 7.13.